The van der Waals surface area contributed by atoms with Crippen LogP contribution in [0, 0.1) is 5.82 Å². The minimum Gasteiger partial charge on any atom is -0.354 e. The first-order valence-corrected chi connectivity index (χ1v) is 9.25. The number of halogens is 3. The lowest BCUT2D eigenvalue weighted by atomic mass is 10.1. The van der Waals surface area contributed by atoms with E-state index < -0.39 is 0 Å². The molecule has 5 nitrogen and oxygen atoms in total. The summed E-state index contributed by atoms with van der Waals surface area (Å²) in [6.45, 7) is 1.36. The maximum absolute atomic E-state index is 13.6. The molecule has 0 aliphatic rings. The quantitative estimate of drug-likeness (QED) is 0.336. The number of aromatic nitrogens is 1. The molecular weight excluding hydrogens is 524 g/mol. The third-order valence-electron chi connectivity index (χ3n) is 4.36. The van der Waals surface area contributed by atoms with Crippen molar-refractivity contribution in [3.8, 4) is 0 Å². The van der Waals surface area contributed by atoms with Crippen molar-refractivity contribution in [1.82, 2.24) is 19.7 Å². The van der Waals surface area contributed by atoms with E-state index in [0.29, 0.717) is 6.54 Å². The van der Waals surface area contributed by atoms with Crippen LogP contribution in [0.1, 0.15) is 17.3 Å². The van der Waals surface area contributed by atoms with E-state index >= 15 is 0 Å². The summed E-state index contributed by atoms with van der Waals surface area (Å²) in [5.41, 5.74) is 2.11. The molecule has 1 unspecified atom stereocenters. The van der Waals surface area contributed by atoms with Gasteiger partial charge >= 0.3 is 0 Å². The molecule has 1 aromatic heterocycles. The summed E-state index contributed by atoms with van der Waals surface area (Å²) in [6.07, 6.45) is 2.03. The molecule has 0 spiro atoms. The van der Waals surface area contributed by atoms with Gasteiger partial charge in [0.25, 0.3) is 0 Å². The van der Waals surface area contributed by atoms with E-state index in [0.717, 1.165) is 22.5 Å². The average molecular weight is 552 g/mol. The molecular formula is C19H28BrFIN5. The van der Waals surface area contributed by atoms with E-state index in [4.69, 9.17) is 0 Å². The van der Waals surface area contributed by atoms with Crippen molar-refractivity contribution in [1.29, 1.82) is 0 Å². The molecule has 0 fully saturated rings. The van der Waals surface area contributed by atoms with Crippen molar-refractivity contribution < 1.29 is 4.39 Å². The first-order chi connectivity index (χ1) is 12.3. The predicted octanol–water partition coefficient (Wildman–Crippen LogP) is 3.85. The van der Waals surface area contributed by atoms with Crippen LogP contribution < -0.4 is 5.32 Å². The lowest BCUT2D eigenvalue weighted by molar-refractivity contribution is 0.294. The topological polar surface area (TPSA) is 35.8 Å². The van der Waals surface area contributed by atoms with Crippen molar-refractivity contribution in [2.45, 2.75) is 12.6 Å². The Bertz CT molecular complexity index is 762. The zero-order valence-corrected chi connectivity index (χ0v) is 20.3. The molecule has 0 saturated heterocycles. The smallest absolute Gasteiger partial charge is 0.193 e. The molecule has 0 radical (unpaired) electrons. The number of guanidine groups is 1. The first kappa shape index (κ1) is 23.9. The summed E-state index contributed by atoms with van der Waals surface area (Å²) < 4.78 is 16.7. The number of benzene rings is 1. The van der Waals surface area contributed by atoms with Gasteiger partial charge in [-0.3, -0.25) is 4.99 Å². The van der Waals surface area contributed by atoms with Gasteiger partial charge in [-0.1, -0.05) is 12.1 Å². The number of likely N-dealkylation sites (N-methyl/N-ethyl adjacent to an activating group) is 1. The molecule has 1 N–H and O–H groups in total. The number of hydrogen-bond donors (Lipinski definition) is 1. The second-order valence-electron chi connectivity index (χ2n) is 6.58. The predicted molar refractivity (Wildman–Crippen MR) is 124 cm³/mol. The SMILES string of the molecule is CN=C(NCC(c1cccc(F)c1)N(C)C)N(C)Cc1cc(Br)cn1C.I. The molecule has 0 amide bonds. The van der Waals surface area contributed by atoms with Crippen molar-refractivity contribution in [2.75, 3.05) is 34.7 Å². The van der Waals surface area contributed by atoms with Gasteiger partial charge in [0, 0.05) is 44.1 Å². The molecule has 150 valence electrons. The zero-order chi connectivity index (χ0) is 19.3. The fourth-order valence-corrected chi connectivity index (χ4v) is 3.50. The molecule has 0 saturated carbocycles. The number of aliphatic imine (C=N–C) groups is 1. The molecule has 1 heterocycles. The van der Waals surface area contributed by atoms with Crippen LogP contribution in [0.2, 0.25) is 0 Å². The third kappa shape index (κ3) is 6.76. The van der Waals surface area contributed by atoms with Crippen LogP contribution in [-0.4, -0.2) is 55.1 Å². The van der Waals surface area contributed by atoms with Crippen LogP contribution in [0.25, 0.3) is 0 Å². The van der Waals surface area contributed by atoms with Crippen LogP contribution in [0.15, 0.2) is 46.0 Å². The fraction of sp³-hybridized carbons (Fsp3) is 0.421. The maximum atomic E-state index is 13.6. The fourth-order valence-electron chi connectivity index (χ4n) is 2.93. The van der Waals surface area contributed by atoms with Crippen molar-refractivity contribution in [2.24, 2.45) is 12.0 Å². The average Bonchev–Trinajstić information content (AvgIpc) is 2.88. The summed E-state index contributed by atoms with van der Waals surface area (Å²) >= 11 is 3.50. The molecule has 27 heavy (non-hydrogen) atoms. The van der Waals surface area contributed by atoms with Crippen LogP contribution >= 0.6 is 39.9 Å². The maximum Gasteiger partial charge on any atom is 0.193 e. The molecule has 8 heteroatoms. The van der Waals surface area contributed by atoms with Gasteiger partial charge in [-0.25, -0.2) is 4.39 Å². The van der Waals surface area contributed by atoms with Gasteiger partial charge in [0.2, 0.25) is 0 Å². The van der Waals surface area contributed by atoms with Crippen LogP contribution in [0.4, 0.5) is 4.39 Å². The third-order valence-corrected chi connectivity index (χ3v) is 4.79. The minimum atomic E-state index is -0.217. The number of nitrogens with one attached hydrogen (secondary N) is 1. The lowest BCUT2D eigenvalue weighted by Crippen LogP contribution is -2.42. The molecule has 0 aliphatic carbocycles. The van der Waals surface area contributed by atoms with E-state index in [2.05, 4.69) is 46.7 Å². The van der Waals surface area contributed by atoms with Gasteiger partial charge in [-0.15, -0.1) is 24.0 Å². The van der Waals surface area contributed by atoms with Crippen molar-refractivity contribution >= 4 is 45.9 Å². The molecule has 2 aromatic rings. The standard InChI is InChI=1S/C19H27BrFN5.HI/c1-22-19(26(5)13-17-10-15(20)12-25(17)4)23-11-18(24(2)3)14-7-6-8-16(21)9-14;/h6-10,12,18H,11,13H2,1-5H3,(H,22,23);1H. The van der Waals surface area contributed by atoms with Crippen LogP contribution in [0.3, 0.4) is 0 Å². The highest BCUT2D eigenvalue weighted by Gasteiger charge is 2.17. The van der Waals surface area contributed by atoms with Crippen LogP contribution in [0.5, 0.6) is 0 Å². The normalized spacial score (nSPS) is 12.7. The van der Waals surface area contributed by atoms with E-state index in [1.807, 2.05) is 40.5 Å². The summed E-state index contributed by atoms with van der Waals surface area (Å²) in [7, 11) is 9.78. The number of nitrogens with zero attached hydrogens (tertiary/aromatic N) is 4. The monoisotopic (exact) mass is 551 g/mol. The molecule has 0 aliphatic heterocycles. The zero-order valence-electron chi connectivity index (χ0n) is 16.4. The second-order valence-corrected chi connectivity index (χ2v) is 7.49. The Labute approximate surface area is 186 Å². The highest BCUT2D eigenvalue weighted by molar-refractivity contribution is 14.0. The van der Waals surface area contributed by atoms with Gasteiger partial charge in [0.15, 0.2) is 5.96 Å². The largest absolute Gasteiger partial charge is 0.354 e. The number of aryl methyl sites for hydroxylation is 1. The van der Waals surface area contributed by atoms with Crippen LogP contribution in [-0.2, 0) is 13.6 Å². The Balaban J connectivity index is 0.00000364. The second kappa shape index (κ2) is 11.0. The Morgan fingerprint density at radius 2 is 2.00 bits per heavy atom. The van der Waals surface area contributed by atoms with E-state index in [-0.39, 0.29) is 35.8 Å². The van der Waals surface area contributed by atoms with Crippen molar-refractivity contribution in [3.63, 3.8) is 0 Å². The molecule has 0 bridgehead atoms. The number of hydrogen-bond acceptors (Lipinski definition) is 2. The Morgan fingerprint density at radius 1 is 1.30 bits per heavy atom. The summed E-state index contributed by atoms with van der Waals surface area (Å²) in [6, 6.07) is 8.88. The van der Waals surface area contributed by atoms with Gasteiger partial charge in [0.1, 0.15) is 5.82 Å². The highest BCUT2D eigenvalue weighted by Crippen LogP contribution is 2.19. The van der Waals surface area contributed by atoms with Crippen molar-refractivity contribution in [3.05, 3.63) is 58.1 Å². The Kier molecular flexibility index (Phi) is 9.75. The molecule has 2 rings (SSSR count). The molecule has 1 aromatic carbocycles. The first-order valence-electron chi connectivity index (χ1n) is 8.46. The van der Waals surface area contributed by atoms with E-state index in [1.54, 1.807) is 19.2 Å². The van der Waals surface area contributed by atoms with Gasteiger partial charge in [-0.05, 0) is 53.8 Å². The number of rotatable bonds is 6. The minimum absolute atomic E-state index is 0. The van der Waals surface area contributed by atoms with E-state index in [9.17, 15) is 4.39 Å². The highest BCUT2D eigenvalue weighted by atomic mass is 127. The molecule has 1 atom stereocenters. The lowest BCUT2D eigenvalue weighted by Gasteiger charge is -2.28. The van der Waals surface area contributed by atoms with Gasteiger partial charge in [-0.2, -0.15) is 0 Å². The van der Waals surface area contributed by atoms with Gasteiger partial charge in [0.05, 0.1) is 12.6 Å². The summed E-state index contributed by atoms with van der Waals surface area (Å²) in [4.78, 5) is 8.52. The Hall–Kier alpha value is -1.13. The Morgan fingerprint density at radius 3 is 2.52 bits per heavy atom. The van der Waals surface area contributed by atoms with E-state index in [1.165, 1.54) is 11.8 Å². The summed E-state index contributed by atoms with van der Waals surface area (Å²) in [5, 5.41) is 3.41. The van der Waals surface area contributed by atoms with Gasteiger partial charge < -0.3 is 19.7 Å². The summed E-state index contributed by atoms with van der Waals surface area (Å²) in [5.74, 6) is 0.579.